The van der Waals surface area contributed by atoms with Crippen molar-refractivity contribution in [3.05, 3.63) is 24.3 Å². The highest BCUT2D eigenvalue weighted by atomic mass is 16.7. The molecule has 0 amide bonds. The van der Waals surface area contributed by atoms with E-state index in [4.69, 9.17) is 14.2 Å². The number of rotatable bonds is 12. The molecule has 0 saturated carbocycles. The lowest BCUT2D eigenvalue weighted by Gasteiger charge is -2.15. The lowest BCUT2D eigenvalue weighted by molar-refractivity contribution is -0.0718. The Labute approximate surface area is 117 Å². The largest absolute Gasteiger partial charge is 0.388 e. The van der Waals surface area contributed by atoms with Crippen molar-refractivity contribution >= 4 is 0 Å². The van der Waals surface area contributed by atoms with Crippen molar-refractivity contribution in [1.29, 1.82) is 0 Å². The van der Waals surface area contributed by atoms with Crippen molar-refractivity contribution in [3.63, 3.8) is 0 Å². The summed E-state index contributed by atoms with van der Waals surface area (Å²) in [6.45, 7) is 9.66. The zero-order valence-electron chi connectivity index (χ0n) is 12.4. The second-order valence-electron chi connectivity index (χ2n) is 4.51. The topological polar surface area (TPSA) is 47.9 Å². The fourth-order valence-corrected chi connectivity index (χ4v) is 1.57. The molecule has 112 valence electrons. The van der Waals surface area contributed by atoms with Crippen molar-refractivity contribution in [2.45, 2.75) is 32.8 Å². The van der Waals surface area contributed by atoms with E-state index in [9.17, 15) is 5.11 Å². The molecule has 0 radical (unpaired) electrons. The second kappa shape index (κ2) is 12.4. The van der Waals surface area contributed by atoms with Crippen molar-refractivity contribution in [1.82, 2.24) is 0 Å². The van der Waals surface area contributed by atoms with Crippen LogP contribution in [0.25, 0.3) is 0 Å². The van der Waals surface area contributed by atoms with Gasteiger partial charge in [0.2, 0.25) is 0 Å². The summed E-state index contributed by atoms with van der Waals surface area (Å²) in [6, 6.07) is 0. The molecular formula is C15H28O4. The molecule has 1 N–H and O–H groups in total. The third-order valence-electron chi connectivity index (χ3n) is 2.87. The first-order valence-electron chi connectivity index (χ1n) is 6.77. The van der Waals surface area contributed by atoms with Gasteiger partial charge in [0.15, 0.2) is 0 Å². The average Bonchev–Trinajstić information content (AvgIpc) is 2.41. The van der Waals surface area contributed by atoms with Gasteiger partial charge < -0.3 is 19.3 Å². The molecule has 0 aromatic rings. The number of aliphatic hydroxyl groups excluding tert-OH is 1. The Kier molecular flexibility index (Phi) is 11.9. The minimum absolute atomic E-state index is 0.280. The van der Waals surface area contributed by atoms with Gasteiger partial charge in [-0.3, -0.25) is 0 Å². The van der Waals surface area contributed by atoms with Crippen LogP contribution >= 0.6 is 0 Å². The Morgan fingerprint density at radius 3 is 2.63 bits per heavy atom. The maximum atomic E-state index is 9.81. The molecule has 4 nitrogen and oxygen atoms in total. The molecule has 2 atom stereocenters. The van der Waals surface area contributed by atoms with E-state index < -0.39 is 6.10 Å². The molecular weight excluding hydrogens is 244 g/mol. The monoisotopic (exact) mass is 272 g/mol. The quantitative estimate of drug-likeness (QED) is 0.337. The van der Waals surface area contributed by atoms with E-state index in [1.165, 1.54) is 0 Å². The number of hydrogen-bond donors (Lipinski definition) is 1. The predicted molar refractivity (Wildman–Crippen MR) is 77.0 cm³/mol. The summed E-state index contributed by atoms with van der Waals surface area (Å²) in [5.41, 5.74) is 0.968. The first-order valence-corrected chi connectivity index (χ1v) is 6.77. The molecule has 4 heteroatoms. The van der Waals surface area contributed by atoms with Gasteiger partial charge in [0.1, 0.15) is 6.79 Å². The van der Waals surface area contributed by atoms with E-state index in [1.807, 2.05) is 6.92 Å². The molecule has 0 unspecified atom stereocenters. The van der Waals surface area contributed by atoms with E-state index in [2.05, 4.69) is 19.6 Å². The molecule has 0 fully saturated rings. The van der Waals surface area contributed by atoms with Crippen LogP contribution in [0, 0.1) is 5.92 Å². The first kappa shape index (κ1) is 18.3. The average molecular weight is 272 g/mol. The highest BCUT2D eigenvalue weighted by Crippen LogP contribution is 2.13. The van der Waals surface area contributed by atoms with Crippen molar-refractivity contribution in [3.8, 4) is 0 Å². The molecule has 0 spiro atoms. The Balaban J connectivity index is 3.92. The van der Waals surface area contributed by atoms with Crippen LogP contribution in [0.2, 0.25) is 0 Å². The van der Waals surface area contributed by atoms with E-state index in [1.54, 1.807) is 13.2 Å². The number of hydrogen-bond acceptors (Lipinski definition) is 4. The lowest BCUT2D eigenvalue weighted by atomic mass is 10.00. The maximum Gasteiger partial charge on any atom is 0.146 e. The van der Waals surface area contributed by atoms with Gasteiger partial charge in [-0.25, -0.2) is 0 Å². The van der Waals surface area contributed by atoms with Crippen LogP contribution in [-0.2, 0) is 14.2 Å². The zero-order valence-corrected chi connectivity index (χ0v) is 12.4. The molecule has 0 aromatic carbocycles. The highest BCUT2D eigenvalue weighted by Gasteiger charge is 2.08. The number of ether oxygens (including phenoxy) is 3. The summed E-state index contributed by atoms with van der Waals surface area (Å²) in [6.07, 6.45) is 4.91. The van der Waals surface area contributed by atoms with Crippen molar-refractivity contribution in [2.75, 3.05) is 33.7 Å². The summed E-state index contributed by atoms with van der Waals surface area (Å²) in [4.78, 5) is 0. The summed E-state index contributed by atoms with van der Waals surface area (Å²) in [5, 5.41) is 9.81. The Bertz CT molecular complexity index is 251. The predicted octanol–water partition coefficient (Wildman–Crippen LogP) is 2.53. The lowest BCUT2D eigenvalue weighted by Crippen LogP contribution is -2.13. The van der Waals surface area contributed by atoms with Gasteiger partial charge in [0.25, 0.3) is 0 Å². The summed E-state index contributed by atoms with van der Waals surface area (Å²) in [7, 11) is 1.64. The van der Waals surface area contributed by atoms with Crippen LogP contribution in [0.4, 0.5) is 0 Å². The summed E-state index contributed by atoms with van der Waals surface area (Å²) >= 11 is 0. The molecule has 0 aliphatic carbocycles. The molecule has 0 rings (SSSR count). The standard InChI is InChI=1S/C15H28O4/c1-5-7-15(16)13(3)10-14(6-2)11-19-12-18-9-8-17-4/h5,10,14-16H,1,6-9,11-12H2,2-4H3/b13-10-/t14-,15+/m1/s1. The molecule has 0 aliphatic heterocycles. The summed E-state index contributed by atoms with van der Waals surface area (Å²) < 4.78 is 15.5. The minimum Gasteiger partial charge on any atom is -0.388 e. The maximum absolute atomic E-state index is 9.81. The van der Waals surface area contributed by atoms with Gasteiger partial charge in [-0.15, -0.1) is 6.58 Å². The van der Waals surface area contributed by atoms with Gasteiger partial charge >= 0.3 is 0 Å². The molecule has 0 aliphatic rings. The van der Waals surface area contributed by atoms with Gasteiger partial charge in [0, 0.05) is 13.0 Å². The highest BCUT2D eigenvalue weighted by molar-refractivity contribution is 5.08. The smallest absolute Gasteiger partial charge is 0.146 e. The van der Waals surface area contributed by atoms with Crippen LogP contribution in [0.3, 0.4) is 0 Å². The zero-order chi connectivity index (χ0) is 14.5. The summed E-state index contributed by atoms with van der Waals surface area (Å²) in [5.74, 6) is 0.297. The van der Waals surface area contributed by atoms with Gasteiger partial charge in [-0.1, -0.05) is 19.1 Å². The third kappa shape index (κ3) is 9.85. The molecule has 0 heterocycles. The minimum atomic E-state index is -0.440. The Morgan fingerprint density at radius 1 is 1.32 bits per heavy atom. The van der Waals surface area contributed by atoms with Crippen LogP contribution < -0.4 is 0 Å². The third-order valence-corrected chi connectivity index (χ3v) is 2.87. The number of methoxy groups -OCH3 is 1. The van der Waals surface area contributed by atoms with Crippen LogP contribution in [0.1, 0.15) is 26.7 Å². The molecule has 0 saturated heterocycles. The van der Waals surface area contributed by atoms with Crippen LogP contribution in [0.5, 0.6) is 0 Å². The van der Waals surface area contributed by atoms with Gasteiger partial charge in [-0.05, 0) is 25.3 Å². The number of aliphatic hydroxyl groups is 1. The second-order valence-corrected chi connectivity index (χ2v) is 4.51. The van der Waals surface area contributed by atoms with E-state index in [0.29, 0.717) is 32.2 Å². The van der Waals surface area contributed by atoms with Crippen LogP contribution in [-0.4, -0.2) is 44.9 Å². The van der Waals surface area contributed by atoms with E-state index in [0.717, 1.165) is 12.0 Å². The SMILES string of the molecule is C=CC[C@H](O)/C(C)=C\[C@@H](CC)COCOCCOC. The van der Waals surface area contributed by atoms with E-state index in [-0.39, 0.29) is 6.79 Å². The Hall–Kier alpha value is -0.680. The van der Waals surface area contributed by atoms with Gasteiger partial charge in [0.05, 0.1) is 25.9 Å². The molecule has 19 heavy (non-hydrogen) atoms. The molecule has 0 aromatic heterocycles. The van der Waals surface area contributed by atoms with Crippen LogP contribution in [0.15, 0.2) is 24.3 Å². The van der Waals surface area contributed by atoms with Crippen molar-refractivity contribution in [2.24, 2.45) is 5.92 Å². The fourth-order valence-electron chi connectivity index (χ4n) is 1.57. The fraction of sp³-hybridized carbons (Fsp3) is 0.733. The molecule has 0 bridgehead atoms. The van der Waals surface area contributed by atoms with Gasteiger partial charge in [-0.2, -0.15) is 0 Å². The van der Waals surface area contributed by atoms with E-state index >= 15 is 0 Å². The normalized spacial score (nSPS) is 15.3. The van der Waals surface area contributed by atoms with Crippen molar-refractivity contribution < 1.29 is 19.3 Å². The Morgan fingerprint density at radius 2 is 2.05 bits per heavy atom. The first-order chi connectivity index (χ1) is 9.15.